The van der Waals surface area contributed by atoms with Crippen LogP contribution in [0.4, 0.5) is 8.78 Å². The van der Waals surface area contributed by atoms with E-state index in [1.165, 1.54) is 6.07 Å². The average Bonchev–Trinajstić information content (AvgIpc) is 2.42. The minimum atomic E-state index is -1.26. The molecule has 2 heterocycles. The second-order valence-corrected chi connectivity index (χ2v) is 5.07. The van der Waals surface area contributed by atoms with Crippen molar-refractivity contribution in [3.63, 3.8) is 0 Å². The topological polar surface area (TPSA) is 48.5 Å². The lowest BCUT2D eigenvalue weighted by atomic mass is 10.1. The van der Waals surface area contributed by atoms with Crippen molar-refractivity contribution in [2.24, 2.45) is 0 Å². The van der Waals surface area contributed by atoms with Gasteiger partial charge in [0.1, 0.15) is 0 Å². The van der Waals surface area contributed by atoms with Crippen molar-refractivity contribution in [3.8, 4) is 0 Å². The summed E-state index contributed by atoms with van der Waals surface area (Å²) in [7, 11) is 4.00. The van der Waals surface area contributed by atoms with Crippen molar-refractivity contribution in [2.45, 2.75) is 6.04 Å². The van der Waals surface area contributed by atoms with Crippen molar-refractivity contribution >= 4 is 5.91 Å². The number of hydrogen-bond donors (Lipinski definition) is 1. The number of hydrogen-bond acceptors (Lipinski definition) is 4. The lowest BCUT2D eigenvalue weighted by molar-refractivity contribution is 0.0876. The van der Waals surface area contributed by atoms with Gasteiger partial charge in [0.15, 0.2) is 5.82 Å². The first-order valence-electron chi connectivity index (χ1n) is 6.46. The van der Waals surface area contributed by atoms with Crippen LogP contribution in [0.25, 0.3) is 0 Å². The van der Waals surface area contributed by atoms with E-state index in [0.29, 0.717) is 6.54 Å². The average molecular weight is 284 g/mol. The van der Waals surface area contributed by atoms with Crippen molar-refractivity contribution in [1.82, 2.24) is 20.1 Å². The Bertz CT molecular complexity index is 497. The van der Waals surface area contributed by atoms with Crippen molar-refractivity contribution in [2.75, 3.05) is 40.3 Å². The SMILES string of the molecule is CN1CCN(C)C(CNC(=O)c2ccnc(F)c2F)C1. The van der Waals surface area contributed by atoms with E-state index in [4.69, 9.17) is 0 Å². The highest BCUT2D eigenvalue weighted by molar-refractivity contribution is 5.94. The largest absolute Gasteiger partial charge is 0.350 e. The lowest BCUT2D eigenvalue weighted by Gasteiger charge is -2.37. The number of likely N-dealkylation sites (N-methyl/N-ethyl adjacent to an activating group) is 2. The molecular weight excluding hydrogens is 266 g/mol. The normalized spacial score (nSPS) is 20.9. The van der Waals surface area contributed by atoms with Crippen LogP contribution in [0.15, 0.2) is 12.3 Å². The summed E-state index contributed by atoms with van der Waals surface area (Å²) in [5, 5.41) is 2.65. The molecule has 1 aliphatic rings. The van der Waals surface area contributed by atoms with Gasteiger partial charge >= 0.3 is 0 Å². The zero-order valence-electron chi connectivity index (χ0n) is 11.6. The molecule has 110 valence electrons. The van der Waals surface area contributed by atoms with Crippen molar-refractivity contribution in [1.29, 1.82) is 0 Å². The fraction of sp³-hybridized carbons (Fsp3) is 0.538. The van der Waals surface area contributed by atoms with Gasteiger partial charge in [0.2, 0.25) is 5.95 Å². The number of nitrogens with zero attached hydrogens (tertiary/aromatic N) is 3. The number of nitrogens with one attached hydrogen (secondary N) is 1. The first-order valence-corrected chi connectivity index (χ1v) is 6.46. The monoisotopic (exact) mass is 284 g/mol. The van der Waals surface area contributed by atoms with E-state index < -0.39 is 17.7 Å². The number of piperazine rings is 1. The third kappa shape index (κ3) is 3.29. The van der Waals surface area contributed by atoms with E-state index in [1.807, 2.05) is 14.1 Å². The second-order valence-electron chi connectivity index (χ2n) is 5.07. The molecule has 1 aliphatic heterocycles. The van der Waals surface area contributed by atoms with Gasteiger partial charge < -0.3 is 10.2 Å². The van der Waals surface area contributed by atoms with Gasteiger partial charge in [-0.05, 0) is 20.2 Å². The number of halogens is 2. The summed E-state index contributed by atoms with van der Waals surface area (Å²) in [5.41, 5.74) is -0.315. The number of amides is 1. The Morgan fingerprint density at radius 2 is 2.20 bits per heavy atom. The number of pyridine rings is 1. The molecule has 0 radical (unpaired) electrons. The maximum absolute atomic E-state index is 13.4. The van der Waals surface area contributed by atoms with Gasteiger partial charge in [-0.1, -0.05) is 0 Å². The summed E-state index contributed by atoms with van der Waals surface area (Å²) >= 11 is 0. The van der Waals surface area contributed by atoms with Gasteiger partial charge in [0.25, 0.3) is 5.91 Å². The van der Waals surface area contributed by atoms with Gasteiger partial charge in [-0.25, -0.2) is 9.37 Å². The van der Waals surface area contributed by atoms with E-state index in [-0.39, 0.29) is 11.6 Å². The van der Waals surface area contributed by atoms with Gasteiger partial charge in [0, 0.05) is 38.4 Å². The van der Waals surface area contributed by atoms with Gasteiger partial charge in [0.05, 0.1) is 5.56 Å². The molecule has 1 fully saturated rings. The molecule has 1 N–H and O–H groups in total. The summed E-state index contributed by atoms with van der Waals surface area (Å²) in [6.07, 6.45) is 1.08. The van der Waals surface area contributed by atoms with Crippen molar-refractivity contribution in [3.05, 3.63) is 29.6 Å². The zero-order valence-corrected chi connectivity index (χ0v) is 11.6. The Balaban J connectivity index is 1.96. The Labute approximate surface area is 116 Å². The molecule has 0 aliphatic carbocycles. The highest BCUT2D eigenvalue weighted by Gasteiger charge is 2.23. The van der Waals surface area contributed by atoms with Crippen LogP contribution in [0.2, 0.25) is 0 Å². The molecule has 0 saturated carbocycles. The van der Waals surface area contributed by atoms with Crippen LogP contribution >= 0.6 is 0 Å². The minimum absolute atomic E-state index is 0.160. The second kappa shape index (κ2) is 6.23. The lowest BCUT2D eigenvalue weighted by Crippen LogP contribution is -2.54. The molecule has 7 heteroatoms. The molecule has 0 aromatic carbocycles. The fourth-order valence-corrected chi connectivity index (χ4v) is 2.22. The smallest absolute Gasteiger partial charge is 0.254 e. The van der Waals surface area contributed by atoms with Crippen LogP contribution in [-0.4, -0.2) is 67.0 Å². The first-order chi connectivity index (χ1) is 9.49. The first kappa shape index (κ1) is 14.8. The van der Waals surface area contributed by atoms with Gasteiger partial charge in [-0.15, -0.1) is 0 Å². The third-order valence-corrected chi connectivity index (χ3v) is 3.57. The van der Waals surface area contributed by atoms with Crippen LogP contribution < -0.4 is 5.32 Å². The maximum Gasteiger partial charge on any atom is 0.254 e. The van der Waals surface area contributed by atoms with E-state index in [1.54, 1.807) is 0 Å². The highest BCUT2D eigenvalue weighted by atomic mass is 19.2. The molecule has 0 bridgehead atoms. The van der Waals surface area contributed by atoms with Crippen LogP contribution in [0.3, 0.4) is 0 Å². The summed E-state index contributed by atoms with van der Waals surface area (Å²) in [4.78, 5) is 19.3. The molecule has 0 spiro atoms. The summed E-state index contributed by atoms with van der Waals surface area (Å²) in [6, 6.07) is 1.33. The fourth-order valence-electron chi connectivity index (χ4n) is 2.22. The number of aromatic nitrogens is 1. The van der Waals surface area contributed by atoms with E-state index in [9.17, 15) is 13.6 Å². The molecule has 20 heavy (non-hydrogen) atoms. The molecule has 1 saturated heterocycles. The van der Waals surface area contributed by atoms with E-state index >= 15 is 0 Å². The molecule has 2 rings (SSSR count). The van der Waals surface area contributed by atoms with Gasteiger partial charge in [-0.2, -0.15) is 4.39 Å². The minimum Gasteiger partial charge on any atom is -0.350 e. The molecule has 1 aromatic rings. The molecular formula is C13H18F2N4O. The van der Waals surface area contributed by atoms with E-state index in [0.717, 1.165) is 25.8 Å². The number of carbonyl (C=O) groups is 1. The van der Waals surface area contributed by atoms with Crippen molar-refractivity contribution < 1.29 is 13.6 Å². The summed E-state index contributed by atoms with van der Waals surface area (Å²) in [6.45, 7) is 3.10. The molecule has 1 amide bonds. The van der Waals surface area contributed by atoms with E-state index in [2.05, 4.69) is 20.1 Å². The number of rotatable bonds is 3. The predicted molar refractivity (Wildman–Crippen MR) is 70.4 cm³/mol. The van der Waals surface area contributed by atoms with Crippen LogP contribution in [0.5, 0.6) is 0 Å². The Hall–Kier alpha value is -1.60. The van der Waals surface area contributed by atoms with Gasteiger partial charge in [-0.3, -0.25) is 9.69 Å². The molecule has 1 unspecified atom stereocenters. The molecule has 5 nitrogen and oxygen atoms in total. The standard InChI is InChI=1S/C13H18F2N4O/c1-18-5-6-19(2)9(8-18)7-17-13(20)10-3-4-16-12(15)11(10)14/h3-4,9H,5-8H2,1-2H3,(H,17,20). The zero-order chi connectivity index (χ0) is 14.7. The molecule has 1 atom stereocenters. The Kier molecular flexibility index (Phi) is 4.61. The Morgan fingerprint density at radius 1 is 1.45 bits per heavy atom. The van der Waals surface area contributed by atoms with Crippen LogP contribution in [0.1, 0.15) is 10.4 Å². The summed E-state index contributed by atoms with van der Waals surface area (Å²) in [5.74, 6) is -3.09. The Morgan fingerprint density at radius 3 is 2.95 bits per heavy atom. The summed E-state index contributed by atoms with van der Waals surface area (Å²) < 4.78 is 26.4. The van der Waals surface area contributed by atoms with Crippen LogP contribution in [0, 0.1) is 11.8 Å². The quantitative estimate of drug-likeness (QED) is 0.813. The third-order valence-electron chi connectivity index (χ3n) is 3.57. The maximum atomic E-state index is 13.4. The van der Waals surface area contributed by atoms with Crippen LogP contribution in [-0.2, 0) is 0 Å². The highest BCUT2D eigenvalue weighted by Crippen LogP contribution is 2.09. The molecule has 1 aromatic heterocycles. The predicted octanol–water partition coefficient (Wildman–Crippen LogP) is 0.335. The number of carbonyl (C=O) groups excluding carboxylic acids is 1.